The predicted molar refractivity (Wildman–Crippen MR) is 61.4 cm³/mol. The van der Waals surface area contributed by atoms with Gasteiger partial charge in [-0.05, 0) is 18.6 Å². The van der Waals surface area contributed by atoms with Gasteiger partial charge in [0, 0.05) is 24.2 Å². The minimum absolute atomic E-state index is 0.0429. The van der Waals surface area contributed by atoms with Gasteiger partial charge in [-0.2, -0.15) is 0 Å². The number of aryl methyl sites for hydroxylation is 1. The zero-order valence-corrected chi connectivity index (χ0v) is 9.08. The van der Waals surface area contributed by atoms with E-state index in [0.29, 0.717) is 5.82 Å². The molecule has 0 bridgehead atoms. The first kappa shape index (κ1) is 11.0. The van der Waals surface area contributed by atoms with E-state index >= 15 is 0 Å². The Bertz CT molecular complexity index is 583. The lowest BCUT2D eigenvalue weighted by molar-refractivity contribution is 0.0697. The molecule has 86 valence electrons. The third kappa shape index (κ3) is 2.05. The van der Waals surface area contributed by atoms with Crippen LogP contribution in [0.25, 0.3) is 11.4 Å². The van der Waals surface area contributed by atoms with Crippen molar-refractivity contribution in [3.63, 3.8) is 0 Å². The Morgan fingerprint density at radius 2 is 2.18 bits per heavy atom. The van der Waals surface area contributed by atoms with Gasteiger partial charge in [0.1, 0.15) is 11.4 Å². The van der Waals surface area contributed by atoms with Crippen LogP contribution in [-0.2, 0) is 0 Å². The summed E-state index contributed by atoms with van der Waals surface area (Å²) in [5.41, 5.74) is 7.14. The van der Waals surface area contributed by atoms with E-state index in [9.17, 15) is 4.79 Å². The molecular formula is C11H10N4O2. The second-order valence-corrected chi connectivity index (χ2v) is 3.49. The second-order valence-electron chi connectivity index (χ2n) is 3.49. The Kier molecular flexibility index (Phi) is 2.70. The normalized spacial score (nSPS) is 10.2. The van der Waals surface area contributed by atoms with Gasteiger partial charge >= 0.3 is 5.97 Å². The molecule has 2 heterocycles. The van der Waals surface area contributed by atoms with Gasteiger partial charge in [0.15, 0.2) is 5.82 Å². The molecule has 0 aliphatic rings. The van der Waals surface area contributed by atoms with E-state index in [1.165, 1.54) is 6.20 Å². The molecule has 0 aliphatic carbocycles. The van der Waals surface area contributed by atoms with Crippen LogP contribution in [0.15, 0.2) is 24.7 Å². The molecule has 0 fully saturated rings. The number of carboxylic acids is 1. The fourth-order valence-corrected chi connectivity index (χ4v) is 1.41. The molecule has 3 N–H and O–H groups in total. The molecule has 0 saturated carbocycles. The lowest BCUT2D eigenvalue weighted by Crippen LogP contribution is -2.07. The number of anilines is 1. The van der Waals surface area contributed by atoms with E-state index in [0.717, 1.165) is 11.1 Å². The van der Waals surface area contributed by atoms with Crippen LogP contribution >= 0.6 is 0 Å². The van der Waals surface area contributed by atoms with Crippen LogP contribution < -0.4 is 5.73 Å². The smallest absolute Gasteiger partial charge is 0.341 e. The molecular weight excluding hydrogens is 220 g/mol. The second kappa shape index (κ2) is 4.17. The summed E-state index contributed by atoms with van der Waals surface area (Å²) in [6, 6.07) is 1.75. The number of rotatable bonds is 2. The number of hydrogen-bond acceptors (Lipinski definition) is 5. The first-order valence-electron chi connectivity index (χ1n) is 4.86. The van der Waals surface area contributed by atoms with Crippen molar-refractivity contribution in [2.45, 2.75) is 6.92 Å². The van der Waals surface area contributed by atoms with Crippen molar-refractivity contribution in [3.8, 4) is 11.4 Å². The van der Waals surface area contributed by atoms with Gasteiger partial charge in [0.05, 0.1) is 0 Å². The summed E-state index contributed by atoms with van der Waals surface area (Å²) in [5.74, 6) is -0.786. The maximum absolute atomic E-state index is 10.8. The summed E-state index contributed by atoms with van der Waals surface area (Å²) < 4.78 is 0. The number of carboxylic acid groups (broad SMARTS) is 1. The average molecular weight is 230 g/mol. The maximum atomic E-state index is 10.8. The van der Waals surface area contributed by atoms with Crippen LogP contribution in [0.2, 0.25) is 0 Å². The van der Waals surface area contributed by atoms with Crippen molar-refractivity contribution in [3.05, 3.63) is 35.8 Å². The van der Waals surface area contributed by atoms with Gasteiger partial charge in [-0.15, -0.1) is 0 Å². The molecule has 6 heteroatoms. The van der Waals surface area contributed by atoms with E-state index < -0.39 is 5.97 Å². The van der Waals surface area contributed by atoms with E-state index in [-0.39, 0.29) is 11.4 Å². The first-order valence-corrected chi connectivity index (χ1v) is 4.86. The Hall–Kier alpha value is -2.50. The van der Waals surface area contributed by atoms with Crippen LogP contribution in [0.1, 0.15) is 15.9 Å². The maximum Gasteiger partial charge on any atom is 0.341 e. The molecule has 0 unspecified atom stereocenters. The van der Waals surface area contributed by atoms with Gasteiger partial charge in [-0.25, -0.2) is 14.8 Å². The SMILES string of the molecule is Cc1cnccc1-c1ncc(C(=O)O)c(N)n1. The number of pyridine rings is 1. The van der Waals surface area contributed by atoms with Crippen molar-refractivity contribution in [2.75, 3.05) is 5.73 Å². The average Bonchev–Trinajstić information content (AvgIpc) is 2.29. The van der Waals surface area contributed by atoms with E-state index in [1.807, 2.05) is 6.92 Å². The molecule has 6 nitrogen and oxygen atoms in total. The summed E-state index contributed by atoms with van der Waals surface area (Å²) >= 11 is 0. The highest BCUT2D eigenvalue weighted by molar-refractivity contribution is 5.92. The predicted octanol–water partition coefficient (Wildman–Crippen LogP) is 1.13. The summed E-state index contributed by atoms with van der Waals surface area (Å²) in [6.07, 6.45) is 4.51. The zero-order valence-electron chi connectivity index (χ0n) is 9.08. The third-order valence-corrected chi connectivity index (χ3v) is 2.31. The van der Waals surface area contributed by atoms with Crippen molar-refractivity contribution in [2.24, 2.45) is 0 Å². The van der Waals surface area contributed by atoms with Crippen LogP contribution in [0.4, 0.5) is 5.82 Å². The molecule has 0 amide bonds. The van der Waals surface area contributed by atoms with Gasteiger partial charge in [0.2, 0.25) is 0 Å². The first-order chi connectivity index (χ1) is 8.09. The minimum atomic E-state index is -1.14. The fourth-order valence-electron chi connectivity index (χ4n) is 1.41. The van der Waals surface area contributed by atoms with Crippen LogP contribution in [0, 0.1) is 6.92 Å². The summed E-state index contributed by atoms with van der Waals surface area (Å²) in [4.78, 5) is 22.7. The molecule has 17 heavy (non-hydrogen) atoms. The highest BCUT2D eigenvalue weighted by Gasteiger charge is 2.12. The third-order valence-electron chi connectivity index (χ3n) is 2.31. The summed E-state index contributed by atoms with van der Waals surface area (Å²) in [5, 5.41) is 8.81. The lowest BCUT2D eigenvalue weighted by Gasteiger charge is -2.05. The number of hydrogen-bond donors (Lipinski definition) is 2. The number of aromatic carboxylic acids is 1. The topological polar surface area (TPSA) is 102 Å². The molecule has 0 spiro atoms. The zero-order chi connectivity index (χ0) is 12.4. The number of nitrogens with two attached hydrogens (primary N) is 1. The minimum Gasteiger partial charge on any atom is -0.477 e. The van der Waals surface area contributed by atoms with Crippen molar-refractivity contribution in [1.82, 2.24) is 15.0 Å². The van der Waals surface area contributed by atoms with Crippen molar-refractivity contribution in [1.29, 1.82) is 0 Å². The number of nitrogen functional groups attached to an aromatic ring is 1. The Morgan fingerprint density at radius 1 is 1.41 bits per heavy atom. The Morgan fingerprint density at radius 3 is 2.76 bits per heavy atom. The Balaban J connectivity index is 2.52. The van der Waals surface area contributed by atoms with Crippen molar-refractivity contribution >= 4 is 11.8 Å². The van der Waals surface area contributed by atoms with E-state index in [1.54, 1.807) is 18.5 Å². The molecule has 0 aliphatic heterocycles. The van der Waals surface area contributed by atoms with Crippen LogP contribution in [0.5, 0.6) is 0 Å². The molecule has 0 radical (unpaired) electrons. The molecule has 2 aromatic rings. The molecule has 2 rings (SSSR count). The lowest BCUT2D eigenvalue weighted by atomic mass is 10.1. The highest BCUT2D eigenvalue weighted by atomic mass is 16.4. The van der Waals surface area contributed by atoms with Crippen LogP contribution in [-0.4, -0.2) is 26.0 Å². The summed E-state index contributed by atoms with van der Waals surface area (Å²) in [7, 11) is 0. The number of carbonyl (C=O) groups is 1. The van der Waals surface area contributed by atoms with Gasteiger partial charge < -0.3 is 10.8 Å². The molecule has 0 saturated heterocycles. The quantitative estimate of drug-likeness (QED) is 0.801. The Labute approximate surface area is 97.2 Å². The fraction of sp³-hybridized carbons (Fsp3) is 0.0909. The van der Waals surface area contributed by atoms with Gasteiger partial charge in [-0.1, -0.05) is 0 Å². The standard InChI is InChI=1S/C11H10N4O2/c1-6-4-13-3-2-7(6)10-14-5-8(11(16)17)9(12)15-10/h2-5H,1H3,(H,16,17)(H2,12,14,15). The van der Waals surface area contributed by atoms with E-state index in [4.69, 9.17) is 10.8 Å². The number of nitrogens with zero attached hydrogens (tertiary/aromatic N) is 3. The largest absolute Gasteiger partial charge is 0.477 e. The molecule has 0 aromatic carbocycles. The van der Waals surface area contributed by atoms with Crippen LogP contribution in [0.3, 0.4) is 0 Å². The molecule has 2 aromatic heterocycles. The highest BCUT2D eigenvalue weighted by Crippen LogP contribution is 2.20. The summed E-state index contributed by atoms with van der Waals surface area (Å²) in [6.45, 7) is 1.87. The van der Waals surface area contributed by atoms with Crippen molar-refractivity contribution < 1.29 is 9.90 Å². The number of aromatic nitrogens is 3. The van der Waals surface area contributed by atoms with Gasteiger partial charge in [-0.3, -0.25) is 4.98 Å². The van der Waals surface area contributed by atoms with E-state index in [2.05, 4.69) is 15.0 Å². The molecule has 0 atom stereocenters. The van der Waals surface area contributed by atoms with Gasteiger partial charge in [0.25, 0.3) is 0 Å². The monoisotopic (exact) mass is 230 g/mol.